The highest BCUT2D eigenvalue weighted by Crippen LogP contribution is 2.47. The van der Waals surface area contributed by atoms with E-state index in [9.17, 15) is 8.42 Å². The first-order valence-corrected chi connectivity index (χ1v) is 3.96. The van der Waals surface area contributed by atoms with Crippen LogP contribution in [0.4, 0.5) is 0 Å². The largest absolute Gasteiger partial charge is 0.407 e. The lowest BCUT2D eigenvalue weighted by Gasteiger charge is -2.39. The zero-order valence-electron chi connectivity index (χ0n) is 5.30. The van der Waals surface area contributed by atoms with Gasteiger partial charge in [-0.1, -0.05) is 0 Å². The van der Waals surface area contributed by atoms with Gasteiger partial charge in [0.2, 0.25) is 0 Å². The Kier molecular flexibility index (Phi) is 1.06. The fourth-order valence-corrected chi connectivity index (χ4v) is 1.75. The van der Waals surface area contributed by atoms with Crippen LogP contribution in [-0.4, -0.2) is 25.3 Å². The number of hydrogen-bond acceptors (Lipinski definition) is 7. The molecule has 2 fully saturated rings. The van der Waals surface area contributed by atoms with Gasteiger partial charge in [0.05, 0.1) is 0 Å². The summed E-state index contributed by atoms with van der Waals surface area (Å²) in [6.07, 6.45) is 0. The van der Waals surface area contributed by atoms with E-state index in [1.807, 2.05) is 0 Å². The molecule has 2 heterocycles. The molecule has 0 aromatic rings. The second-order valence-corrected chi connectivity index (χ2v) is 3.42. The Morgan fingerprint density at radius 3 is 2.09 bits per heavy atom. The van der Waals surface area contributed by atoms with Crippen molar-refractivity contribution in [1.29, 1.82) is 0 Å². The van der Waals surface area contributed by atoms with Crippen molar-refractivity contribution in [3.63, 3.8) is 0 Å². The quantitative estimate of drug-likeness (QED) is 0.463. The van der Waals surface area contributed by atoms with Gasteiger partial charge in [-0.15, -0.1) is 0 Å². The average molecular weight is 184 g/mol. The molecular formula is C3H4O7S. The topological polar surface area (TPSA) is 91.3 Å². The lowest BCUT2D eigenvalue weighted by Crippen LogP contribution is -2.63. The Balaban J connectivity index is 2.42. The Morgan fingerprint density at radius 1 is 1.27 bits per heavy atom. The molecule has 2 rings (SSSR count). The molecule has 0 saturated carbocycles. The first-order chi connectivity index (χ1) is 4.87. The molecule has 1 N–H and O–H groups in total. The third-order valence-corrected chi connectivity index (χ3v) is 2.32. The first kappa shape index (κ1) is 7.40. The van der Waals surface area contributed by atoms with Crippen molar-refractivity contribution in [2.75, 3.05) is 0 Å². The summed E-state index contributed by atoms with van der Waals surface area (Å²) in [5.41, 5.74) is 0. The van der Waals surface area contributed by atoms with Crippen molar-refractivity contribution in [1.82, 2.24) is 0 Å². The summed E-state index contributed by atoms with van der Waals surface area (Å²) in [5, 5.41) is 9.07. The summed E-state index contributed by atoms with van der Waals surface area (Å²) >= 11 is 0. The maximum absolute atomic E-state index is 10.5. The number of aliphatic hydroxyl groups is 1. The molecule has 0 aliphatic carbocycles. The van der Waals surface area contributed by atoms with Crippen molar-refractivity contribution < 1.29 is 31.7 Å². The molecule has 2 aliphatic heterocycles. The van der Waals surface area contributed by atoms with Crippen molar-refractivity contribution in [3.05, 3.63) is 0 Å². The van der Waals surface area contributed by atoms with Gasteiger partial charge in [-0.25, -0.2) is 4.18 Å². The lowest BCUT2D eigenvalue weighted by molar-refractivity contribution is -0.668. The van der Waals surface area contributed by atoms with Crippen LogP contribution in [0, 0.1) is 0 Å². The minimum atomic E-state index is -4.20. The van der Waals surface area contributed by atoms with Crippen molar-refractivity contribution >= 4 is 10.4 Å². The van der Waals surface area contributed by atoms with E-state index in [-0.39, 0.29) is 0 Å². The summed E-state index contributed by atoms with van der Waals surface area (Å²) in [6.45, 7) is 1.17. The van der Waals surface area contributed by atoms with E-state index in [2.05, 4.69) is 18.1 Å². The molecule has 2 aliphatic rings. The van der Waals surface area contributed by atoms with E-state index in [0.717, 1.165) is 0 Å². The highest BCUT2D eigenvalue weighted by atomic mass is 32.3. The molecule has 64 valence electrons. The lowest BCUT2D eigenvalue weighted by atomic mass is 10.2. The Labute approximate surface area is 61.7 Å². The predicted octanol–water partition coefficient (Wildman–Crippen LogP) is -1.40. The van der Waals surface area contributed by atoms with Gasteiger partial charge in [0.25, 0.3) is 0 Å². The Hall–Kier alpha value is -0.250. The van der Waals surface area contributed by atoms with Crippen LogP contribution in [0.1, 0.15) is 6.92 Å². The Bertz CT molecular complexity index is 271. The van der Waals surface area contributed by atoms with Gasteiger partial charge < -0.3 is 5.11 Å². The molecule has 2 unspecified atom stereocenters. The van der Waals surface area contributed by atoms with Crippen LogP contribution >= 0.6 is 0 Å². The van der Waals surface area contributed by atoms with Gasteiger partial charge >= 0.3 is 22.2 Å². The van der Waals surface area contributed by atoms with Crippen LogP contribution in [0.2, 0.25) is 0 Å². The summed E-state index contributed by atoms with van der Waals surface area (Å²) < 4.78 is 29.3. The third-order valence-electron chi connectivity index (χ3n) is 1.36. The van der Waals surface area contributed by atoms with E-state index >= 15 is 0 Å². The first-order valence-electron chi connectivity index (χ1n) is 2.62. The van der Waals surface area contributed by atoms with Crippen LogP contribution in [0.25, 0.3) is 0 Å². The van der Waals surface area contributed by atoms with E-state index in [0.29, 0.717) is 0 Å². The zero-order valence-corrected chi connectivity index (χ0v) is 6.12. The van der Waals surface area contributed by atoms with E-state index < -0.39 is 22.2 Å². The summed E-state index contributed by atoms with van der Waals surface area (Å²) in [6, 6.07) is 0. The van der Waals surface area contributed by atoms with Gasteiger partial charge in [-0.05, 0) is 0 Å². The Morgan fingerprint density at radius 2 is 1.91 bits per heavy atom. The minimum absolute atomic E-state index is 1.17. The molecule has 0 aromatic carbocycles. The van der Waals surface area contributed by atoms with Crippen molar-refractivity contribution in [2.45, 2.75) is 18.7 Å². The molecule has 2 atom stereocenters. The maximum atomic E-state index is 10.5. The molecule has 11 heavy (non-hydrogen) atoms. The second-order valence-electron chi connectivity index (χ2n) is 2.27. The van der Waals surface area contributed by atoms with Crippen LogP contribution < -0.4 is 0 Å². The van der Waals surface area contributed by atoms with Crippen molar-refractivity contribution in [2.24, 2.45) is 0 Å². The molecule has 0 aromatic heterocycles. The minimum Gasteiger partial charge on any atom is -0.336 e. The van der Waals surface area contributed by atoms with Crippen LogP contribution in [0.5, 0.6) is 0 Å². The van der Waals surface area contributed by atoms with E-state index in [4.69, 9.17) is 5.11 Å². The molecule has 0 amide bonds. The van der Waals surface area contributed by atoms with Crippen LogP contribution in [-0.2, 0) is 28.5 Å². The standard InChI is InChI=1S/C3H4O7S/c1-2-3(4,8-7-2)10-11(5,6)9-2/h4H,1H3. The monoisotopic (exact) mass is 184 g/mol. The molecule has 0 radical (unpaired) electrons. The SMILES string of the molecule is CC12OOC1(O)OS(=O)(=O)O2. The van der Waals surface area contributed by atoms with E-state index in [1.54, 1.807) is 0 Å². The molecule has 0 spiro atoms. The number of rotatable bonds is 0. The van der Waals surface area contributed by atoms with Gasteiger partial charge in [0.1, 0.15) is 0 Å². The van der Waals surface area contributed by atoms with Gasteiger partial charge in [-0.3, -0.25) is 0 Å². The fourth-order valence-electron chi connectivity index (χ4n) is 0.737. The molecule has 2 saturated heterocycles. The highest BCUT2D eigenvalue weighted by Gasteiger charge is 2.74. The average Bonchev–Trinajstić information content (AvgIpc) is 1.91. The summed E-state index contributed by atoms with van der Waals surface area (Å²) in [5.74, 6) is -4.10. The van der Waals surface area contributed by atoms with Crippen LogP contribution in [0.3, 0.4) is 0 Å². The summed E-state index contributed by atoms with van der Waals surface area (Å²) in [7, 11) is -4.20. The fraction of sp³-hybridized carbons (Fsp3) is 1.00. The molecule has 7 nitrogen and oxygen atoms in total. The van der Waals surface area contributed by atoms with Crippen molar-refractivity contribution in [3.8, 4) is 0 Å². The summed E-state index contributed by atoms with van der Waals surface area (Å²) in [4.78, 5) is 8.21. The predicted molar refractivity (Wildman–Crippen MR) is 26.6 cm³/mol. The van der Waals surface area contributed by atoms with E-state index in [1.165, 1.54) is 6.92 Å². The molecule has 0 bridgehead atoms. The number of hydrogen-bond donors (Lipinski definition) is 1. The molecular weight excluding hydrogens is 180 g/mol. The van der Waals surface area contributed by atoms with Crippen LogP contribution in [0.15, 0.2) is 0 Å². The highest BCUT2D eigenvalue weighted by molar-refractivity contribution is 7.82. The smallest absolute Gasteiger partial charge is 0.336 e. The zero-order chi connectivity index (χ0) is 8.33. The number of fused-ring (bicyclic) bond motifs is 1. The van der Waals surface area contributed by atoms with Gasteiger partial charge in [-0.2, -0.15) is 22.4 Å². The molecule has 8 heteroatoms. The third kappa shape index (κ3) is 0.760. The maximum Gasteiger partial charge on any atom is 0.407 e. The second kappa shape index (κ2) is 1.58. The van der Waals surface area contributed by atoms with Gasteiger partial charge in [0.15, 0.2) is 0 Å². The van der Waals surface area contributed by atoms with Gasteiger partial charge in [0, 0.05) is 6.92 Å². The normalized spacial score (nSPS) is 53.3.